The summed E-state index contributed by atoms with van der Waals surface area (Å²) in [5.41, 5.74) is -0.284. The monoisotopic (exact) mass is 353 g/mol. The predicted molar refractivity (Wildman–Crippen MR) is 90.4 cm³/mol. The van der Waals surface area contributed by atoms with E-state index >= 15 is 0 Å². The number of urea groups is 1. The largest absolute Gasteiger partial charge is 0.337 e. The molecule has 0 saturated carbocycles. The summed E-state index contributed by atoms with van der Waals surface area (Å²) in [7, 11) is 0. The van der Waals surface area contributed by atoms with E-state index in [2.05, 4.69) is 15.5 Å². The quantitative estimate of drug-likeness (QED) is 0.824. The number of hydrogen-bond donors (Lipinski definition) is 1. The van der Waals surface area contributed by atoms with Gasteiger partial charge in [0, 0.05) is 6.42 Å². The molecule has 2 aromatic rings. The molecule has 1 atom stereocenters. The lowest BCUT2D eigenvalue weighted by Gasteiger charge is -2.22. The summed E-state index contributed by atoms with van der Waals surface area (Å²) in [5.74, 6) is 0.694. The van der Waals surface area contributed by atoms with Crippen LogP contribution in [-0.2, 0) is 23.3 Å². The van der Waals surface area contributed by atoms with E-state index in [0.29, 0.717) is 29.3 Å². The van der Waals surface area contributed by atoms with E-state index in [-0.39, 0.29) is 12.4 Å². The first-order valence-corrected chi connectivity index (χ1v) is 8.29. The molecular formula is C18H19N5O3. The zero-order chi connectivity index (χ0) is 18.9. The molecule has 1 aromatic heterocycles. The summed E-state index contributed by atoms with van der Waals surface area (Å²) in [6.07, 6.45) is 0.655. The third kappa shape index (κ3) is 3.16. The molecule has 8 heteroatoms. The lowest BCUT2D eigenvalue weighted by atomic mass is 9.91. The average Bonchev–Trinajstić information content (AvgIpc) is 3.13. The van der Waals surface area contributed by atoms with Crippen LogP contribution >= 0.6 is 0 Å². The van der Waals surface area contributed by atoms with Crippen LogP contribution in [0.2, 0.25) is 0 Å². The number of imide groups is 1. The highest BCUT2D eigenvalue weighted by atomic mass is 16.5. The van der Waals surface area contributed by atoms with Crippen molar-refractivity contribution in [2.45, 2.75) is 39.3 Å². The first kappa shape index (κ1) is 17.6. The Morgan fingerprint density at radius 1 is 1.38 bits per heavy atom. The molecule has 0 radical (unpaired) electrons. The number of carbonyl (C=O) groups is 2. The molecule has 3 amide bonds. The van der Waals surface area contributed by atoms with Crippen molar-refractivity contribution >= 4 is 11.9 Å². The summed E-state index contributed by atoms with van der Waals surface area (Å²) >= 11 is 0. The Morgan fingerprint density at radius 3 is 2.85 bits per heavy atom. The number of hydrogen-bond acceptors (Lipinski definition) is 6. The minimum atomic E-state index is -1.25. The molecule has 3 rings (SSSR count). The van der Waals surface area contributed by atoms with Gasteiger partial charge in [0.1, 0.15) is 12.1 Å². The van der Waals surface area contributed by atoms with E-state index in [9.17, 15) is 9.59 Å². The van der Waals surface area contributed by atoms with Crippen molar-refractivity contribution < 1.29 is 14.1 Å². The van der Waals surface area contributed by atoms with Crippen LogP contribution in [0.15, 0.2) is 28.8 Å². The van der Waals surface area contributed by atoms with Crippen LogP contribution in [0.25, 0.3) is 0 Å². The molecule has 0 unspecified atom stereocenters. The van der Waals surface area contributed by atoms with Gasteiger partial charge < -0.3 is 9.84 Å². The zero-order valence-corrected chi connectivity index (χ0v) is 14.8. The van der Waals surface area contributed by atoms with Gasteiger partial charge in [-0.2, -0.15) is 10.2 Å². The van der Waals surface area contributed by atoms with E-state index < -0.39 is 17.5 Å². The molecule has 0 bridgehead atoms. The maximum absolute atomic E-state index is 12.9. The number of nitriles is 1. The fourth-order valence-corrected chi connectivity index (χ4v) is 2.87. The number of carbonyl (C=O) groups excluding carboxylic acids is 2. The van der Waals surface area contributed by atoms with Crippen molar-refractivity contribution in [3.8, 4) is 6.07 Å². The van der Waals surface area contributed by atoms with Gasteiger partial charge in [0.2, 0.25) is 5.89 Å². The highest BCUT2D eigenvalue weighted by Crippen LogP contribution is 2.30. The Balaban J connectivity index is 1.82. The third-order valence-electron chi connectivity index (χ3n) is 4.24. The van der Waals surface area contributed by atoms with Crippen molar-refractivity contribution in [2.75, 3.05) is 0 Å². The Morgan fingerprint density at radius 2 is 2.15 bits per heavy atom. The van der Waals surface area contributed by atoms with Crippen LogP contribution < -0.4 is 5.32 Å². The van der Waals surface area contributed by atoms with Gasteiger partial charge in [0.05, 0.1) is 11.6 Å². The summed E-state index contributed by atoms with van der Waals surface area (Å²) in [5, 5.41) is 15.6. The van der Waals surface area contributed by atoms with Crippen LogP contribution in [0.4, 0.5) is 4.79 Å². The number of nitrogens with zero attached hydrogens (tertiary/aromatic N) is 4. The molecular weight excluding hydrogens is 334 g/mol. The van der Waals surface area contributed by atoms with Crippen LogP contribution in [0, 0.1) is 17.2 Å². The molecule has 1 aromatic carbocycles. The Hall–Kier alpha value is -3.21. The molecule has 1 fully saturated rings. The van der Waals surface area contributed by atoms with Crippen molar-refractivity contribution in [1.29, 1.82) is 5.26 Å². The molecule has 0 spiro atoms. The normalized spacial score (nSPS) is 19.7. The third-order valence-corrected chi connectivity index (χ3v) is 4.24. The fourth-order valence-electron chi connectivity index (χ4n) is 2.87. The maximum atomic E-state index is 12.9. The van der Waals surface area contributed by atoms with Gasteiger partial charge in [-0.1, -0.05) is 31.1 Å². The van der Waals surface area contributed by atoms with Crippen molar-refractivity contribution in [1.82, 2.24) is 20.4 Å². The summed E-state index contributed by atoms with van der Waals surface area (Å²) in [6, 6.07) is 8.11. The van der Waals surface area contributed by atoms with Gasteiger partial charge in [-0.05, 0) is 30.5 Å². The van der Waals surface area contributed by atoms with Gasteiger partial charge in [0.15, 0.2) is 5.82 Å². The fraction of sp³-hybridized carbons (Fsp3) is 0.389. The highest BCUT2D eigenvalue weighted by Gasteiger charge is 2.49. The minimum Gasteiger partial charge on any atom is -0.337 e. The summed E-state index contributed by atoms with van der Waals surface area (Å²) in [4.78, 5) is 30.5. The van der Waals surface area contributed by atoms with E-state index in [1.165, 1.54) is 0 Å². The first-order valence-electron chi connectivity index (χ1n) is 8.29. The van der Waals surface area contributed by atoms with Crippen LogP contribution in [0.1, 0.15) is 43.6 Å². The first-order chi connectivity index (χ1) is 12.3. The summed E-state index contributed by atoms with van der Waals surface area (Å²) in [6.45, 7) is 5.59. The topological polar surface area (TPSA) is 112 Å². The standard InChI is InChI=1S/C18H19N5O3/c1-11(2)7-14-20-15(26-22-14)10-23-16(24)18(3,21-17(23)25)13-6-4-5-12(8-13)9-19/h4-6,8,11H,7,10H2,1-3H3,(H,21,25)/t18-/m0/s1. The van der Waals surface area contributed by atoms with Crippen molar-refractivity contribution in [3.05, 3.63) is 47.1 Å². The SMILES string of the molecule is CC(C)Cc1noc(CN2C(=O)N[C@@](C)(c3cccc(C#N)c3)C2=O)n1. The van der Waals surface area contributed by atoms with E-state index in [1.54, 1.807) is 31.2 Å². The molecule has 2 heterocycles. The van der Waals surface area contributed by atoms with E-state index in [0.717, 1.165) is 4.90 Å². The van der Waals surface area contributed by atoms with Gasteiger partial charge >= 0.3 is 6.03 Å². The summed E-state index contributed by atoms with van der Waals surface area (Å²) < 4.78 is 5.16. The molecule has 1 saturated heterocycles. The van der Waals surface area contributed by atoms with E-state index in [1.807, 2.05) is 19.9 Å². The number of benzene rings is 1. The second-order valence-corrected chi connectivity index (χ2v) is 6.84. The second kappa shape index (κ2) is 6.59. The van der Waals surface area contributed by atoms with Gasteiger partial charge in [0.25, 0.3) is 5.91 Å². The van der Waals surface area contributed by atoms with Crippen LogP contribution in [-0.4, -0.2) is 27.0 Å². The van der Waals surface area contributed by atoms with Crippen LogP contribution in [0.5, 0.6) is 0 Å². The lowest BCUT2D eigenvalue weighted by molar-refractivity contribution is -0.131. The van der Waals surface area contributed by atoms with Gasteiger partial charge in [-0.25, -0.2) is 4.79 Å². The Kier molecular flexibility index (Phi) is 4.47. The second-order valence-electron chi connectivity index (χ2n) is 6.84. The van der Waals surface area contributed by atoms with Gasteiger partial charge in [-0.15, -0.1) is 0 Å². The van der Waals surface area contributed by atoms with Crippen molar-refractivity contribution in [2.24, 2.45) is 5.92 Å². The molecule has 26 heavy (non-hydrogen) atoms. The number of rotatable bonds is 5. The zero-order valence-electron chi connectivity index (χ0n) is 14.8. The minimum absolute atomic E-state index is 0.0940. The average molecular weight is 353 g/mol. The molecule has 8 nitrogen and oxygen atoms in total. The Bertz CT molecular complexity index is 898. The molecule has 0 aliphatic carbocycles. The highest BCUT2D eigenvalue weighted by molar-refractivity contribution is 6.07. The van der Waals surface area contributed by atoms with Crippen molar-refractivity contribution in [3.63, 3.8) is 0 Å². The predicted octanol–water partition coefficient (Wildman–Crippen LogP) is 2.11. The lowest BCUT2D eigenvalue weighted by Crippen LogP contribution is -2.40. The molecule has 134 valence electrons. The van der Waals surface area contributed by atoms with Crippen LogP contribution in [0.3, 0.4) is 0 Å². The Labute approximate surface area is 150 Å². The number of amides is 3. The van der Waals surface area contributed by atoms with Gasteiger partial charge in [-0.3, -0.25) is 9.69 Å². The van der Waals surface area contributed by atoms with E-state index in [4.69, 9.17) is 9.78 Å². The smallest absolute Gasteiger partial charge is 0.325 e. The number of nitrogens with one attached hydrogen (secondary N) is 1. The molecule has 1 N–H and O–H groups in total. The maximum Gasteiger partial charge on any atom is 0.325 e. The molecule has 1 aliphatic rings. The number of aromatic nitrogens is 2. The molecule has 1 aliphatic heterocycles.